The average Bonchev–Trinajstić information content (AvgIpc) is 3.34. The summed E-state index contributed by atoms with van der Waals surface area (Å²) in [6.45, 7) is 2.18. The third-order valence-corrected chi connectivity index (χ3v) is 8.44. The third-order valence-electron chi connectivity index (χ3n) is 5.23. The van der Waals surface area contributed by atoms with E-state index in [1.54, 1.807) is 0 Å². The number of rotatable bonds is 5. The minimum atomic E-state index is -3.02. The smallest absolute Gasteiger partial charge is 0.251 e. The lowest BCUT2D eigenvalue weighted by atomic mass is 10.1. The molecule has 4 rings (SSSR count). The predicted octanol–water partition coefficient (Wildman–Crippen LogP) is 3.04. The fourth-order valence-electron chi connectivity index (χ4n) is 3.59. The molecule has 0 unspecified atom stereocenters. The lowest BCUT2D eigenvalue weighted by molar-refractivity contribution is -0.118. The Labute approximate surface area is 159 Å². The Morgan fingerprint density at radius 2 is 1.96 bits per heavy atom. The van der Waals surface area contributed by atoms with Crippen molar-refractivity contribution < 1.29 is 13.2 Å². The molecule has 3 fully saturated rings. The molecule has 7 heteroatoms. The number of hydrogen-bond donors (Lipinski definition) is 0. The minimum absolute atomic E-state index is 0.0366. The Morgan fingerprint density at radius 3 is 2.62 bits per heavy atom. The number of fused-ring (bicyclic) bond motifs is 1. The molecule has 0 radical (unpaired) electrons. The number of unbranched alkanes of at least 4 members (excludes halogenated alkanes) is 1. The largest absolute Gasteiger partial charge is 0.316 e. The van der Waals surface area contributed by atoms with Crippen LogP contribution in [0.1, 0.15) is 38.2 Å². The van der Waals surface area contributed by atoms with E-state index < -0.39 is 9.84 Å². The number of carbonyl (C=O) groups excluding carboxylic acids is 1. The number of sulfone groups is 1. The maximum absolute atomic E-state index is 12.2. The highest BCUT2D eigenvalue weighted by molar-refractivity contribution is 8.16. The van der Waals surface area contributed by atoms with Gasteiger partial charge in [0.2, 0.25) is 0 Å². The van der Waals surface area contributed by atoms with Crippen molar-refractivity contribution >= 4 is 38.4 Å². The molecule has 3 aliphatic rings. The zero-order chi connectivity index (χ0) is 18.3. The Kier molecular flexibility index (Phi) is 4.86. The fourth-order valence-corrected chi connectivity index (χ4v) is 7.51. The van der Waals surface area contributed by atoms with Crippen molar-refractivity contribution in [2.24, 2.45) is 10.9 Å². The Bertz CT molecular complexity index is 829. The molecule has 0 bridgehead atoms. The van der Waals surface area contributed by atoms with Crippen LogP contribution in [-0.4, -0.2) is 42.3 Å². The van der Waals surface area contributed by atoms with Crippen molar-refractivity contribution in [3.05, 3.63) is 29.8 Å². The highest BCUT2D eigenvalue weighted by Crippen LogP contribution is 2.41. The first kappa shape index (κ1) is 18.0. The topological polar surface area (TPSA) is 66.8 Å². The van der Waals surface area contributed by atoms with Crippen molar-refractivity contribution in [1.29, 1.82) is 0 Å². The summed E-state index contributed by atoms with van der Waals surface area (Å²) in [5.74, 6) is 0.327. The molecule has 2 aliphatic heterocycles. The molecular weight excluding hydrogens is 368 g/mol. The molecule has 1 aromatic carbocycles. The number of hydrogen-bond acceptors (Lipinski definition) is 4. The van der Waals surface area contributed by atoms with Crippen molar-refractivity contribution in [2.45, 2.75) is 50.3 Å². The van der Waals surface area contributed by atoms with Crippen LogP contribution in [0.25, 0.3) is 0 Å². The Balaban J connectivity index is 1.62. The first-order chi connectivity index (χ1) is 12.5. The van der Waals surface area contributed by atoms with Gasteiger partial charge in [0.05, 0.1) is 17.5 Å². The lowest BCUT2D eigenvalue weighted by Crippen LogP contribution is -2.37. The summed E-state index contributed by atoms with van der Waals surface area (Å²) >= 11 is 1.45. The van der Waals surface area contributed by atoms with Gasteiger partial charge < -0.3 is 4.90 Å². The molecule has 0 N–H and O–H groups in total. The monoisotopic (exact) mass is 392 g/mol. The van der Waals surface area contributed by atoms with Gasteiger partial charge in [0.25, 0.3) is 5.91 Å². The first-order valence-corrected chi connectivity index (χ1v) is 12.0. The van der Waals surface area contributed by atoms with E-state index in [-0.39, 0.29) is 34.6 Å². The van der Waals surface area contributed by atoms with Gasteiger partial charge in [0, 0.05) is 16.9 Å². The maximum Gasteiger partial charge on any atom is 0.251 e. The number of carbonyl (C=O) groups is 1. The molecule has 1 aromatic rings. The van der Waals surface area contributed by atoms with E-state index in [0.29, 0.717) is 5.17 Å². The fraction of sp³-hybridized carbons (Fsp3) is 0.579. The van der Waals surface area contributed by atoms with Gasteiger partial charge in [-0.05, 0) is 43.4 Å². The number of aliphatic imine (C=N–C) groups is 1. The van der Waals surface area contributed by atoms with E-state index in [1.807, 2.05) is 17.0 Å². The molecule has 140 valence electrons. The summed E-state index contributed by atoms with van der Waals surface area (Å²) in [6, 6.07) is 8.16. The summed E-state index contributed by atoms with van der Waals surface area (Å²) < 4.78 is 24.2. The Hall–Kier alpha value is -1.34. The van der Waals surface area contributed by atoms with Crippen LogP contribution in [0.2, 0.25) is 0 Å². The van der Waals surface area contributed by atoms with E-state index in [1.165, 1.54) is 17.3 Å². The molecule has 26 heavy (non-hydrogen) atoms. The Morgan fingerprint density at radius 1 is 1.23 bits per heavy atom. The van der Waals surface area contributed by atoms with Crippen molar-refractivity contribution in [1.82, 2.24) is 0 Å². The third kappa shape index (κ3) is 3.69. The zero-order valence-electron chi connectivity index (χ0n) is 14.9. The van der Waals surface area contributed by atoms with Crippen LogP contribution in [0, 0.1) is 5.92 Å². The van der Waals surface area contributed by atoms with E-state index in [4.69, 9.17) is 0 Å². The molecule has 2 heterocycles. The molecular formula is C19H24N2O3S2. The number of amidine groups is 1. The number of anilines is 1. The second kappa shape index (κ2) is 7.00. The van der Waals surface area contributed by atoms with E-state index >= 15 is 0 Å². The zero-order valence-corrected chi connectivity index (χ0v) is 16.6. The van der Waals surface area contributed by atoms with Crippen molar-refractivity contribution in [3.63, 3.8) is 0 Å². The van der Waals surface area contributed by atoms with Gasteiger partial charge in [0.15, 0.2) is 15.0 Å². The maximum atomic E-state index is 12.2. The van der Waals surface area contributed by atoms with Gasteiger partial charge in [-0.25, -0.2) is 8.42 Å². The van der Waals surface area contributed by atoms with Gasteiger partial charge in [0.1, 0.15) is 0 Å². The number of aryl methyl sites for hydroxylation is 1. The second-order valence-corrected chi connectivity index (χ2v) is 10.8. The van der Waals surface area contributed by atoms with Gasteiger partial charge >= 0.3 is 0 Å². The number of nitrogens with zero attached hydrogens (tertiary/aromatic N) is 2. The number of amides is 1. The SMILES string of the molecule is CCCCc1ccc(N2C(=NC(=O)C3CC3)S[C@@H]3CS(=O)(=O)C[C@@H]32)cc1. The number of thioether (sulfide) groups is 1. The van der Waals surface area contributed by atoms with E-state index in [2.05, 4.69) is 24.0 Å². The molecule has 1 aliphatic carbocycles. The van der Waals surface area contributed by atoms with Crippen LogP contribution in [0.5, 0.6) is 0 Å². The summed E-state index contributed by atoms with van der Waals surface area (Å²) in [7, 11) is -3.02. The normalized spacial score (nSPS) is 28.5. The van der Waals surface area contributed by atoms with Crippen LogP contribution in [0.3, 0.4) is 0 Å². The molecule has 1 amide bonds. The molecule has 0 spiro atoms. The summed E-state index contributed by atoms with van der Waals surface area (Å²) in [5, 5.41) is 0.638. The highest BCUT2D eigenvalue weighted by atomic mass is 32.2. The molecule has 2 saturated heterocycles. The minimum Gasteiger partial charge on any atom is -0.316 e. The van der Waals surface area contributed by atoms with Gasteiger partial charge in [-0.3, -0.25) is 4.79 Å². The van der Waals surface area contributed by atoms with Gasteiger partial charge in [-0.1, -0.05) is 37.2 Å². The predicted molar refractivity (Wildman–Crippen MR) is 107 cm³/mol. The second-order valence-electron chi connectivity index (χ2n) is 7.45. The van der Waals surface area contributed by atoms with Crippen LogP contribution in [-0.2, 0) is 21.1 Å². The van der Waals surface area contributed by atoms with E-state index in [0.717, 1.165) is 37.8 Å². The average molecular weight is 393 g/mol. The highest BCUT2D eigenvalue weighted by Gasteiger charge is 2.49. The van der Waals surface area contributed by atoms with Crippen LogP contribution in [0.4, 0.5) is 5.69 Å². The quantitative estimate of drug-likeness (QED) is 0.770. The summed E-state index contributed by atoms with van der Waals surface area (Å²) in [4.78, 5) is 18.6. The molecule has 2 atom stereocenters. The van der Waals surface area contributed by atoms with Crippen LogP contribution >= 0.6 is 11.8 Å². The number of benzene rings is 1. The standard InChI is InChI=1S/C19H24N2O3S2/c1-2-3-4-13-5-9-15(10-6-13)21-16-11-26(23,24)12-17(16)25-19(21)20-18(22)14-7-8-14/h5-6,9-10,14,16-17H,2-4,7-8,11-12H2,1H3/t16-,17+/m0/s1. The first-order valence-electron chi connectivity index (χ1n) is 9.34. The van der Waals surface area contributed by atoms with Gasteiger partial charge in [-0.15, -0.1) is 0 Å². The molecule has 0 aromatic heterocycles. The summed E-state index contributed by atoms with van der Waals surface area (Å²) in [5.41, 5.74) is 2.22. The molecule has 1 saturated carbocycles. The lowest BCUT2D eigenvalue weighted by Gasteiger charge is -2.24. The van der Waals surface area contributed by atoms with Crippen molar-refractivity contribution in [3.8, 4) is 0 Å². The van der Waals surface area contributed by atoms with Crippen molar-refractivity contribution in [2.75, 3.05) is 16.4 Å². The molecule has 5 nitrogen and oxygen atoms in total. The van der Waals surface area contributed by atoms with Gasteiger partial charge in [-0.2, -0.15) is 4.99 Å². The summed E-state index contributed by atoms with van der Waals surface area (Å²) in [6.07, 6.45) is 5.21. The van der Waals surface area contributed by atoms with Crippen LogP contribution in [0.15, 0.2) is 29.3 Å². The van der Waals surface area contributed by atoms with E-state index in [9.17, 15) is 13.2 Å². The van der Waals surface area contributed by atoms with Crippen LogP contribution < -0.4 is 4.90 Å².